The third-order valence-electron chi connectivity index (χ3n) is 4.64. The number of hydrogen-bond acceptors (Lipinski definition) is 3. The number of pyridine rings is 1. The van der Waals surface area contributed by atoms with E-state index in [9.17, 15) is 0 Å². The minimum atomic E-state index is -1.57. The number of ether oxygens (including phenoxy) is 2. The molecule has 0 unspecified atom stereocenters. The standard InChI is InChI=1S/C18H25NO2Si/c1-5-22(6-2,7-3)17-14-15(20-4)11-12-16(17)21-18-10-8-9-13-19-18/h8-14H,5-7H2,1-4H3. The molecule has 3 nitrogen and oxygen atoms in total. The molecule has 0 spiro atoms. The van der Waals surface area contributed by atoms with E-state index < -0.39 is 8.07 Å². The van der Waals surface area contributed by atoms with Gasteiger partial charge in [0.05, 0.1) is 15.2 Å². The molecule has 0 N–H and O–H groups in total. The van der Waals surface area contributed by atoms with Crippen molar-refractivity contribution in [1.82, 2.24) is 4.98 Å². The van der Waals surface area contributed by atoms with Crippen LogP contribution in [0.5, 0.6) is 17.4 Å². The lowest BCUT2D eigenvalue weighted by Crippen LogP contribution is -2.46. The molecule has 2 aromatic rings. The number of benzene rings is 1. The highest BCUT2D eigenvalue weighted by Crippen LogP contribution is 2.29. The van der Waals surface area contributed by atoms with Crippen LogP contribution in [0.25, 0.3) is 0 Å². The lowest BCUT2D eigenvalue weighted by molar-refractivity contribution is 0.413. The van der Waals surface area contributed by atoms with Gasteiger partial charge in [-0.15, -0.1) is 0 Å². The molecule has 4 heteroatoms. The fourth-order valence-corrected chi connectivity index (χ4v) is 6.73. The Morgan fingerprint density at radius 1 is 1.00 bits per heavy atom. The Hall–Kier alpha value is -1.81. The minimum absolute atomic E-state index is 0.639. The van der Waals surface area contributed by atoms with Crippen LogP contribution in [0.4, 0.5) is 0 Å². The lowest BCUT2D eigenvalue weighted by Gasteiger charge is -2.30. The second-order valence-corrected chi connectivity index (χ2v) is 10.7. The Labute approximate surface area is 134 Å². The molecule has 1 aromatic carbocycles. The number of hydrogen-bond donors (Lipinski definition) is 0. The summed E-state index contributed by atoms with van der Waals surface area (Å²) in [7, 11) is 0.141. The van der Waals surface area contributed by atoms with Crippen molar-refractivity contribution < 1.29 is 9.47 Å². The SMILES string of the molecule is CC[Si](CC)(CC)c1cc(OC)ccc1Oc1ccccn1. The Morgan fingerprint density at radius 2 is 1.73 bits per heavy atom. The molecule has 2 rings (SSSR count). The van der Waals surface area contributed by atoms with E-state index in [4.69, 9.17) is 9.47 Å². The average molecular weight is 315 g/mol. The van der Waals surface area contributed by atoms with Gasteiger partial charge in [0.25, 0.3) is 0 Å². The van der Waals surface area contributed by atoms with Crippen molar-refractivity contribution >= 4 is 13.3 Å². The number of nitrogens with zero attached hydrogens (tertiary/aromatic N) is 1. The van der Waals surface area contributed by atoms with Crippen LogP contribution >= 0.6 is 0 Å². The van der Waals surface area contributed by atoms with E-state index in [1.165, 1.54) is 23.3 Å². The lowest BCUT2D eigenvalue weighted by atomic mass is 10.3. The summed E-state index contributed by atoms with van der Waals surface area (Å²) in [6.45, 7) is 6.88. The van der Waals surface area contributed by atoms with Gasteiger partial charge in [-0.25, -0.2) is 4.98 Å². The maximum atomic E-state index is 6.09. The summed E-state index contributed by atoms with van der Waals surface area (Å²) in [4.78, 5) is 4.28. The maximum absolute atomic E-state index is 6.09. The van der Waals surface area contributed by atoms with E-state index in [1.807, 2.05) is 30.3 Å². The first kappa shape index (κ1) is 16.6. The minimum Gasteiger partial charge on any atom is -0.497 e. The van der Waals surface area contributed by atoms with Crippen LogP contribution < -0.4 is 14.7 Å². The molecule has 118 valence electrons. The molecular weight excluding hydrogens is 290 g/mol. The molecule has 22 heavy (non-hydrogen) atoms. The van der Waals surface area contributed by atoms with Gasteiger partial charge in [-0.3, -0.25) is 0 Å². The summed E-state index contributed by atoms with van der Waals surface area (Å²) in [6, 6.07) is 15.5. The van der Waals surface area contributed by atoms with Gasteiger partial charge >= 0.3 is 0 Å². The molecule has 0 aliphatic heterocycles. The molecule has 0 saturated carbocycles. The van der Waals surface area contributed by atoms with E-state index in [0.717, 1.165) is 11.5 Å². The van der Waals surface area contributed by atoms with Gasteiger partial charge in [0, 0.05) is 12.3 Å². The van der Waals surface area contributed by atoms with E-state index in [0.29, 0.717) is 5.88 Å². The zero-order valence-electron chi connectivity index (χ0n) is 13.9. The summed E-state index contributed by atoms with van der Waals surface area (Å²) < 4.78 is 11.5. The predicted molar refractivity (Wildman–Crippen MR) is 94.1 cm³/mol. The van der Waals surface area contributed by atoms with Crippen molar-refractivity contribution in [2.45, 2.75) is 38.9 Å². The normalized spacial score (nSPS) is 11.3. The Bertz CT molecular complexity index is 589. The average Bonchev–Trinajstić information content (AvgIpc) is 2.59. The molecule has 0 saturated heterocycles. The predicted octanol–water partition coefficient (Wildman–Crippen LogP) is 4.60. The Morgan fingerprint density at radius 3 is 2.27 bits per heavy atom. The van der Waals surface area contributed by atoms with Crippen LogP contribution in [0.3, 0.4) is 0 Å². The van der Waals surface area contributed by atoms with Crippen molar-refractivity contribution in [2.75, 3.05) is 7.11 Å². The van der Waals surface area contributed by atoms with Gasteiger partial charge in [0.15, 0.2) is 0 Å². The molecule has 0 bridgehead atoms. The number of aromatic nitrogens is 1. The second kappa shape index (κ2) is 7.45. The number of rotatable bonds is 7. The van der Waals surface area contributed by atoms with Gasteiger partial charge in [-0.2, -0.15) is 0 Å². The van der Waals surface area contributed by atoms with Gasteiger partial charge < -0.3 is 9.47 Å². The maximum Gasteiger partial charge on any atom is 0.219 e. The fourth-order valence-electron chi connectivity index (χ4n) is 2.98. The highest BCUT2D eigenvalue weighted by molar-refractivity contribution is 6.92. The monoisotopic (exact) mass is 315 g/mol. The van der Waals surface area contributed by atoms with Crippen molar-refractivity contribution in [2.24, 2.45) is 0 Å². The summed E-state index contributed by atoms with van der Waals surface area (Å²) in [5.41, 5.74) is 0. The van der Waals surface area contributed by atoms with Crippen LogP contribution in [0.2, 0.25) is 18.1 Å². The fraction of sp³-hybridized carbons (Fsp3) is 0.389. The molecule has 0 amide bonds. The first-order chi connectivity index (χ1) is 10.7. The van der Waals surface area contributed by atoms with E-state index in [-0.39, 0.29) is 0 Å². The highest BCUT2D eigenvalue weighted by Gasteiger charge is 2.32. The highest BCUT2D eigenvalue weighted by atomic mass is 28.3. The van der Waals surface area contributed by atoms with Crippen molar-refractivity contribution in [3.8, 4) is 17.4 Å². The zero-order chi connectivity index (χ0) is 16.0. The molecule has 0 aliphatic carbocycles. The van der Waals surface area contributed by atoms with Crippen LogP contribution in [0, 0.1) is 0 Å². The van der Waals surface area contributed by atoms with Gasteiger partial charge in [0.2, 0.25) is 5.88 Å². The zero-order valence-corrected chi connectivity index (χ0v) is 14.9. The molecule has 1 aromatic heterocycles. The van der Waals surface area contributed by atoms with Gasteiger partial charge in [-0.05, 0) is 29.5 Å². The van der Waals surface area contributed by atoms with Crippen LogP contribution in [-0.2, 0) is 0 Å². The van der Waals surface area contributed by atoms with E-state index in [2.05, 4.69) is 31.8 Å². The van der Waals surface area contributed by atoms with E-state index >= 15 is 0 Å². The van der Waals surface area contributed by atoms with E-state index in [1.54, 1.807) is 13.3 Å². The van der Waals surface area contributed by atoms with Crippen molar-refractivity contribution in [3.05, 3.63) is 42.6 Å². The molecule has 0 fully saturated rings. The summed E-state index contributed by atoms with van der Waals surface area (Å²) in [5, 5.41) is 1.34. The third-order valence-corrected chi connectivity index (χ3v) is 10.2. The van der Waals surface area contributed by atoms with Crippen molar-refractivity contribution in [1.29, 1.82) is 0 Å². The van der Waals surface area contributed by atoms with Crippen LogP contribution in [-0.4, -0.2) is 20.2 Å². The topological polar surface area (TPSA) is 31.4 Å². The first-order valence-electron chi connectivity index (χ1n) is 7.96. The number of methoxy groups -OCH3 is 1. The largest absolute Gasteiger partial charge is 0.497 e. The van der Waals surface area contributed by atoms with Crippen LogP contribution in [0.1, 0.15) is 20.8 Å². The Kier molecular flexibility index (Phi) is 5.61. The second-order valence-electron chi connectivity index (χ2n) is 5.47. The molecule has 0 radical (unpaired) electrons. The molecular formula is C18H25NO2Si. The summed E-state index contributed by atoms with van der Waals surface area (Å²) in [6.07, 6.45) is 1.75. The Balaban J connectivity index is 2.49. The summed E-state index contributed by atoms with van der Waals surface area (Å²) >= 11 is 0. The molecule has 0 aliphatic rings. The van der Waals surface area contributed by atoms with Gasteiger partial charge in [0.1, 0.15) is 11.5 Å². The smallest absolute Gasteiger partial charge is 0.219 e. The van der Waals surface area contributed by atoms with Crippen LogP contribution in [0.15, 0.2) is 42.6 Å². The quantitative estimate of drug-likeness (QED) is 0.700. The third kappa shape index (κ3) is 3.33. The van der Waals surface area contributed by atoms with Gasteiger partial charge in [-0.1, -0.05) is 45.0 Å². The van der Waals surface area contributed by atoms with Crippen molar-refractivity contribution in [3.63, 3.8) is 0 Å². The molecule has 1 heterocycles. The summed E-state index contributed by atoms with van der Waals surface area (Å²) in [5.74, 6) is 2.47. The first-order valence-corrected chi connectivity index (χ1v) is 10.6. The molecule has 0 atom stereocenters.